The summed E-state index contributed by atoms with van der Waals surface area (Å²) in [5, 5.41) is 12.4. The van der Waals surface area contributed by atoms with E-state index in [2.05, 4.69) is 30.0 Å². The van der Waals surface area contributed by atoms with Crippen LogP contribution in [-0.2, 0) is 6.42 Å². The zero-order valence-electron chi connectivity index (χ0n) is 19.7. The lowest BCUT2D eigenvalue weighted by atomic mass is 9.89. The van der Waals surface area contributed by atoms with Gasteiger partial charge >= 0.3 is 0 Å². The quantitative estimate of drug-likeness (QED) is 0.523. The van der Waals surface area contributed by atoms with E-state index in [1.54, 1.807) is 12.3 Å². The number of fused-ring (bicyclic) bond motifs is 3. The molecule has 1 fully saturated rings. The molecule has 0 saturated heterocycles. The third kappa shape index (κ3) is 4.30. The van der Waals surface area contributed by atoms with Crippen molar-refractivity contribution < 1.29 is 9.90 Å². The lowest BCUT2D eigenvalue weighted by Gasteiger charge is -2.39. The number of halogens is 1. The van der Waals surface area contributed by atoms with E-state index in [0.717, 1.165) is 71.8 Å². The molecule has 2 aromatic heterocycles. The Labute approximate surface area is 205 Å². The van der Waals surface area contributed by atoms with Crippen LogP contribution in [0.4, 0.5) is 0 Å². The Morgan fingerprint density at radius 2 is 2.00 bits per heavy atom. The number of amides is 1. The van der Waals surface area contributed by atoms with E-state index in [1.807, 2.05) is 29.3 Å². The topological polar surface area (TPSA) is 69.6 Å². The average molecular weight is 479 g/mol. The Morgan fingerprint density at radius 1 is 1.18 bits per heavy atom. The van der Waals surface area contributed by atoms with Gasteiger partial charge in [-0.3, -0.25) is 9.78 Å². The molecule has 6 nitrogen and oxygen atoms in total. The molecular weight excluding hydrogens is 448 g/mol. The Kier molecular flexibility index (Phi) is 6.56. The van der Waals surface area contributed by atoms with Crippen LogP contribution in [0.2, 0.25) is 5.15 Å². The predicted octanol–water partition coefficient (Wildman–Crippen LogP) is 4.63. The maximum absolute atomic E-state index is 13.9. The predicted molar refractivity (Wildman–Crippen MR) is 134 cm³/mol. The number of benzene rings is 1. The molecule has 1 saturated carbocycles. The smallest absolute Gasteiger partial charge is 0.255 e. The van der Waals surface area contributed by atoms with Gasteiger partial charge < -0.3 is 14.9 Å². The number of carbonyl (C=O) groups is 1. The molecule has 5 rings (SSSR count). The summed E-state index contributed by atoms with van der Waals surface area (Å²) >= 11 is 5.98. The molecule has 1 aromatic carbocycles. The Bertz CT molecular complexity index is 1200. The second-order valence-corrected chi connectivity index (χ2v) is 10.2. The van der Waals surface area contributed by atoms with Crippen molar-refractivity contribution in [2.75, 3.05) is 20.6 Å². The summed E-state index contributed by atoms with van der Waals surface area (Å²) in [6, 6.07) is 9.61. The lowest BCUT2D eigenvalue weighted by Crippen LogP contribution is -2.47. The molecule has 1 aliphatic carbocycles. The third-order valence-electron chi connectivity index (χ3n) is 7.24. The number of aliphatic hydroxyl groups is 1. The molecule has 3 atom stereocenters. The number of hydrogen-bond donors (Lipinski definition) is 1. The van der Waals surface area contributed by atoms with E-state index in [-0.39, 0.29) is 18.0 Å². The zero-order chi connectivity index (χ0) is 23.8. The molecule has 0 radical (unpaired) electrons. The van der Waals surface area contributed by atoms with Crippen molar-refractivity contribution in [2.45, 2.75) is 56.7 Å². The molecule has 1 unspecified atom stereocenters. The molecule has 1 N–H and O–H groups in total. The molecule has 34 heavy (non-hydrogen) atoms. The highest BCUT2D eigenvalue weighted by molar-refractivity contribution is 6.29. The summed E-state index contributed by atoms with van der Waals surface area (Å²) < 4.78 is 0. The van der Waals surface area contributed by atoms with Gasteiger partial charge in [0.1, 0.15) is 5.15 Å². The van der Waals surface area contributed by atoms with Gasteiger partial charge in [-0.1, -0.05) is 36.6 Å². The summed E-state index contributed by atoms with van der Waals surface area (Å²) in [5.74, 6) is 0.0211. The molecule has 178 valence electrons. The molecule has 0 spiro atoms. The highest BCUT2D eigenvalue weighted by atomic mass is 35.5. The number of carbonyl (C=O) groups excluding carboxylic acids is 1. The first-order valence-corrected chi connectivity index (χ1v) is 12.5. The largest absolute Gasteiger partial charge is 0.391 e. The van der Waals surface area contributed by atoms with Gasteiger partial charge in [-0.2, -0.15) is 0 Å². The highest BCUT2D eigenvalue weighted by Crippen LogP contribution is 2.44. The summed E-state index contributed by atoms with van der Waals surface area (Å²) in [7, 11) is 4.11. The minimum absolute atomic E-state index is 0.0211. The van der Waals surface area contributed by atoms with Gasteiger partial charge in [0, 0.05) is 28.9 Å². The minimum Gasteiger partial charge on any atom is -0.391 e. The van der Waals surface area contributed by atoms with E-state index in [4.69, 9.17) is 16.6 Å². The van der Waals surface area contributed by atoms with E-state index in [0.29, 0.717) is 11.6 Å². The second-order valence-electron chi connectivity index (χ2n) is 9.80. The maximum Gasteiger partial charge on any atom is 0.255 e. The fourth-order valence-electron chi connectivity index (χ4n) is 5.61. The van der Waals surface area contributed by atoms with Gasteiger partial charge in [-0.05, 0) is 75.6 Å². The summed E-state index contributed by atoms with van der Waals surface area (Å²) in [6.07, 6.45) is 8.20. The molecular formula is C27H31ClN4O2. The van der Waals surface area contributed by atoms with Gasteiger partial charge in [0.25, 0.3) is 5.91 Å². The van der Waals surface area contributed by atoms with Gasteiger partial charge in [0.15, 0.2) is 0 Å². The fourth-order valence-corrected chi connectivity index (χ4v) is 5.72. The molecule has 3 aromatic rings. The van der Waals surface area contributed by atoms with Crippen LogP contribution >= 0.6 is 11.6 Å². The van der Waals surface area contributed by atoms with Crippen LogP contribution in [0.1, 0.15) is 65.2 Å². The molecule has 7 heteroatoms. The molecule has 2 aliphatic rings. The van der Waals surface area contributed by atoms with Crippen molar-refractivity contribution in [3.8, 4) is 0 Å². The SMILES string of the molecule is CN(C)CCC1c2c(cc(Cc3ccc(Cl)nc3)c3cccnc23)C(=O)N1[C@H]1CCCC[C@@H]1O. The van der Waals surface area contributed by atoms with Crippen LogP contribution in [0.25, 0.3) is 10.9 Å². The van der Waals surface area contributed by atoms with Gasteiger partial charge in [-0.25, -0.2) is 4.98 Å². The third-order valence-corrected chi connectivity index (χ3v) is 7.46. The normalized spacial score (nSPS) is 22.6. The summed E-state index contributed by atoms with van der Waals surface area (Å²) in [6.45, 7) is 0.850. The van der Waals surface area contributed by atoms with E-state index >= 15 is 0 Å². The number of pyridine rings is 2. The maximum atomic E-state index is 13.9. The van der Waals surface area contributed by atoms with Crippen LogP contribution in [0.3, 0.4) is 0 Å². The minimum atomic E-state index is -0.479. The monoisotopic (exact) mass is 478 g/mol. The molecule has 1 aliphatic heterocycles. The van der Waals surface area contributed by atoms with Gasteiger partial charge in [-0.15, -0.1) is 0 Å². The first-order chi connectivity index (χ1) is 16.4. The van der Waals surface area contributed by atoms with Crippen molar-refractivity contribution in [1.29, 1.82) is 0 Å². The van der Waals surface area contributed by atoms with Gasteiger partial charge in [0.05, 0.1) is 23.7 Å². The zero-order valence-corrected chi connectivity index (χ0v) is 20.5. The number of aliphatic hydroxyl groups excluding tert-OH is 1. The molecule has 0 bridgehead atoms. The van der Waals surface area contributed by atoms with Crippen molar-refractivity contribution in [2.24, 2.45) is 0 Å². The number of aromatic nitrogens is 2. The van der Waals surface area contributed by atoms with Crippen molar-refractivity contribution in [1.82, 2.24) is 19.8 Å². The lowest BCUT2D eigenvalue weighted by molar-refractivity contribution is 0.00518. The second kappa shape index (κ2) is 9.61. The Hall–Kier alpha value is -2.54. The van der Waals surface area contributed by atoms with E-state index in [9.17, 15) is 9.90 Å². The average Bonchev–Trinajstić information content (AvgIpc) is 3.11. The Balaban J connectivity index is 1.63. The Morgan fingerprint density at radius 3 is 2.74 bits per heavy atom. The molecule has 3 heterocycles. The highest BCUT2D eigenvalue weighted by Gasteiger charge is 2.44. The van der Waals surface area contributed by atoms with Crippen LogP contribution in [0.5, 0.6) is 0 Å². The van der Waals surface area contributed by atoms with E-state index in [1.165, 1.54) is 0 Å². The van der Waals surface area contributed by atoms with Crippen molar-refractivity contribution in [3.05, 3.63) is 70.1 Å². The summed E-state index contributed by atoms with van der Waals surface area (Å²) in [4.78, 5) is 27.1. The van der Waals surface area contributed by atoms with Gasteiger partial charge in [0.2, 0.25) is 0 Å². The van der Waals surface area contributed by atoms with Crippen LogP contribution in [0, 0.1) is 0 Å². The van der Waals surface area contributed by atoms with Crippen molar-refractivity contribution >= 4 is 28.4 Å². The van der Waals surface area contributed by atoms with E-state index < -0.39 is 6.10 Å². The number of nitrogens with zero attached hydrogens (tertiary/aromatic N) is 4. The van der Waals surface area contributed by atoms with Crippen molar-refractivity contribution in [3.63, 3.8) is 0 Å². The van der Waals surface area contributed by atoms with Crippen LogP contribution in [-0.4, -0.2) is 63.6 Å². The number of hydrogen-bond acceptors (Lipinski definition) is 5. The number of rotatable bonds is 6. The van der Waals surface area contributed by atoms with Crippen LogP contribution < -0.4 is 0 Å². The van der Waals surface area contributed by atoms with Crippen LogP contribution in [0.15, 0.2) is 42.7 Å². The fraction of sp³-hybridized carbons (Fsp3) is 0.444. The first-order valence-electron chi connectivity index (χ1n) is 12.1. The molecule has 1 amide bonds. The summed E-state index contributed by atoms with van der Waals surface area (Å²) in [5.41, 5.74) is 4.71. The standard InChI is InChI=1S/C27H31ClN4O2/c1-31(2)13-11-22-25-20(27(34)32(22)21-7-3-4-8-23(21)33)15-18(19-6-5-12-29-26(19)25)14-17-9-10-24(28)30-16-17/h5-6,9-10,12,15-16,21-23,33H,3-4,7-8,11,13-14H2,1-2H3/t21-,22?,23-/m0/s1. The first kappa shape index (κ1) is 23.2.